The predicted molar refractivity (Wildman–Crippen MR) is 88.5 cm³/mol. The monoisotopic (exact) mass is 304 g/mol. The van der Waals surface area contributed by atoms with Crippen molar-refractivity contribution in [3.63, 3.8) is 0 Å². The number of piperidine rings is 4. The van der Waals surface area contributed by atoms with Gasteiger partial charge in [0.05, 0.1) is 6.17 Å². The van der Waals surface area contributed by atoms with Crippen LogP contribution in [0.15, 0.2) is 0 Å². The second-order valence-electron chi connectivity index (χ2n) is 9.06. The summed E-state index contributed by atoms with van der Waals surface area (Å²) < 4.78 is 0. The molecule has 0 aromatic carbocycles. The standard InChI is InChI=1S/C18H32N4/c1-18(2)13-5-7-19-10-15(13)22-16-12(8-20-9-14(16)18)11-4-3-6-21-17(11)22/h11-17,19-21H,3-10H2,1-2H3. The normalized spacial score (nSPS) is 53.5. The molecule has 22 heavy (non-hydrogen) atoms. The van der Waals surface area contributed by atoms with Gasteiger partial charge in [-0.05, 0) is 74.5 Å². The first-order chi connectivity index (χ1) is 10.7. The van der Waals surface area contributed by atoms with E-state index >= 15 is 0 Å². The van der Waals surface area contributed by atoms with Crippen LogP contribution in [0.3, 0.4) is 0 Å². The van der Waals surface area contributed by atoms with Crippen molar-refractivity contribution >= 4 is 0 Å². The Kier molecular flexibility index (Phi) is 3.18. The highest BCUT2D eigenvalue weighted by Gasteiger charge is 2.63. The fourth-order valence-electron chi connectivity index (χ4n) is 7.06. The zero-order valence-corrected chi connectivity index (χ0v) is 14.1. The number of fused-ring (bicyclic) bond motifs is 5. The second kappa shape index (κ2) is 4.92. The minimum absolute atomic E-state index is 0.479. The Morgan fingerprint density at radius 1 is 0.909 bits per heavy atom. The lowest BCUT2D eigenvalue weighted by Crippen LogP contribution is -2.71. The maximum Gasteiger partial charge on any atom is 0.0635 e. The summed E-state index contributed by atoms with van der Waals surface area (Å²) in [5.74, 6) is 3.44. The minimum Gasteiger partial charge on any atom is -0.316 e. The van der Waals surface area contributed by atoms with Crippen molar-refractivity contribution in [3.8, 4) is 0 Å². The fourth-order valence-corrected chi connectivity index (χ4v) is 7.06. The van der Waals surface area contributed by atoms with Crippen LogP contribution in [0, 0.1) is 29.1 Å². The molecule has 4 heteroatoms. The topological polar surface area (TPSA) is 39.3 Å². The van der Waals surface area contributed by atoms with Gasteiger partial charge in [0, 0.05) is 18.6 Å². The van der Waals surface area contributed by atoms with E-state index in [0.29, 0.717) is 11.6 Å². The minimum atomic E-state index is 0.479. The van der Waals surface area contributed by atoms with Crippen molar-refractivity contribution in [1.29, 1.82) is 0 Å². The van der Waals surface area contributed by atoms with Gasteiger partial charge < -0.3 is 16.0 Å². The summed E-state index contributed by atoms with van der Waals surface area (Å²) in [6.45, 7) is 11.3. The van der Waals surface area contributed by atoms with E-state index in [1.165, 1.54) is 52.0 Å². The van der Waals surface area contributed by atoms with E-state index in [-0.39, 0.29) is 0 Å². The van der Waals surface area contributed by atoms with Crippen molar-refractivity contribution in [3.05, 3.63) is 0 Å². The van der Waals surface area contributed by atoms with Crippen LogP contribution in [-0.4, -0.2) is 55.9 Å². The number of hydrogen-bond acceptors (Lipinski definition) is 4. The van der Waals surface area contributed by atoms with E-state index < -0.39 is 0 Å². The van der Waals surface area contributed by atoms with E-state index in [9.17, 15) is 0 Å². The molecule has 124 valence electrons. The smallest absolute Gasteiger partial charge is 0.0635 e. The largest absolute Gasteiger partial charge is 0.316 e. The number of rotatable bonds is 0. The third-order valence-electron chi connectivity index (χ3n) is 8.03. The van der Waals surface area contributed by atoms with Gasteiger partial charge in [-0.3, -0.25) is 4.90 Å². The Morgan fingerprint density at radius 2 is 1.82 bits per heavy atom. The zero-order chi connectivity index (χ0) is 14.9. The van der Waals surface area contributed by atoms with E-state index in [4.69, 9.17) is 0 Å². The van der Waals surface area contributed by atoms with Crippen molar-refractivity contribution in [2.24, 2.45) is 29.1 Å². The van der Waals surface area contributed by atoms with Gasteiger partial charge >= 0.3 is 0 Å². The fraction of sp³-hybridized carbons (Fsp3) is 1.00. The van der Waals surface area contributed by atoms with Crippen molar-refractivity contribution < 1.29 is 0 Å². The van der Waals surface area contributed by atoms with Gasteiger partial charge in [0.2, 0.25) is 0 Å². The Balaban J connectivity index is 1.59. The lowest BCUT2D eigenvalue weighted by Gasteiger charge is -2.61. The van der Waals surface area contributed by atoms with Gasteiger partial charge in [-0.1, -0.05) is 13.8 Å². The van der Waals surface area contributed by atoms with Gasteiger partial charge in [0.15, 0.2) is 0 Å². The third kappa shape index (κ3) is 1.73. The molecule has 3 N–H and O–H groups in total. The number of nitrogens with one attached hydrogen (secondary N) is 3. The van der Waals surface area contributed by atoms with Gasteiger partial charge in [0.1, 0.15) is 0 Å². The lowest BCUT2D eigenvalue weighted by atomic mass is 9.56. The molecule has 0 aromatic rings. The van der Waals surface area contributed by atoms with Crippen molar-refractivity contribution in [2.45, 2.75) is 51.4 Å². The van der Waals surface area contributed by atoms with E-state index in [1.807, 2.05) is 0 Å². The maximum atomic E-state index is 3.92. The molecule has 4 nitrogen and oxygen atoms in total. The third-order valence-corrected chi connectivity index (χ3v) is 8.03. The first kappa shape index (κ1) is 14.2. The molecule has 0 aromatic heterocycles. The molecule has 5 aliphatic heterocycles. The summed E-state index contributed by atoms with van der Waals surface area (Å²) in [5.41, 5.74) is 0.479. The molecule has 5 aliphatic rings. The van der Waals surface area contributed by atoms with E-state index in [0.717, 1.165) is 35.8 Å². The van der Waals surface area contributed by atoms with Crippen LogP contribution < -0.4 is 16.0 Å². The highest BCUT2D eigenvalue weighted by Crippen LogP contribution is 2.56. The molecule has 5 heterocycles. The summed E-state index contributed by atoms with van der Waals surface area (Å²) in [6, 6.07) is 1.57. The van der Waals surface area contributed by atoms with Crippen LogP contribution in [0.4, 0.5) is 0 Å². The van der Waals surface area contributed by atoms with Gasteiger partial charge in [0.25, 0.3) is 0 Å². The Labute approximate surface area is 134 Å². The molecule has 0 saturated carbocycles. The molecule has 0 aliphatic carbocycles. The van der Waals surface area contributed by atoms with E-state index in [1.54, 1.807) is 0 Å². The first-order valence-electron chi connectivity index (χ1n) is 9.62. The molecule has 5 rings (SSSR count). The van der Waals surface area contributed by atoms with Gasteiger partial charge in [-0.15, -0.1) is 0 Å². The average molecular weight is 304 g/mol. The molecule has 5 fully saturated rings. The molecule has 0 radical (unpaired) electrons. The molecule has 0 bridgehead atoms. The van der Waals surface area contributed by atoms with Gasteiger partial charge in [-0.25, -0.2) is 0 Å². The van der Waals surface area contributed by atoms with Crippen molar-refractivity contribution in [1.82, 2.24) is 20.9 Å². The summed E-state index contributed by atoms with van der Waals surface area (Å²) in [6.07, 6.45) is 4.84. The van der Waals surface area contributed by atoms with Crippen LogP contribution >= 0.6 is 0 Å². The first-order valence-corrected chi connectivity index (χ1v) is 9.62. The highest BCUT2D eigenvalue weighted by molar-refractivity contribution is 5.16. The second-order valence-corrected chi connectivity index (χ2v) is 9.06. The molecule has 0 amide bonds. The van der Waals surface area contributed by atoms with Gasteiger partial charge in [-0.2, -0.15) is 0 Å². The Hall–Kier alpha value is -0.160. The Morgan fingerprint density at radius 3 is 2.73 bits per heavy atom. The lowest BCUT2D eigenvalue weighted by molar-refractivity contribution is -0.115. The summed E-state index contributed by atoms with van der Waals surface area (Å²) >= 11 is 0. The molecular formula is C18H32N4. The molecular weight excluding hydrogens is 272 g/mol. The van der Waals surface area contributed by atoms with E-state index in [2.05, 4.69) is 34.7 Å². The summed E-state index contributed by atoms with van der Waals surface area (Å²) in [7, 11) is 0. The SMILES string of the molecule is CC1(C)C2CCNCC2N2C3NCCCC3C3CNCC1C32. The zero-order valence-electron chi connectivity index (χ0n) is 14.1. The molecule has 7 atom stereocenters. The van der Waals surface area contributed by atoms with Crippen LogP contribution in [0.5, 0.6) is 0 Å². The molecule has 5 saturated heterocycles. The molecule has 0 spiro atoms. The number of nitrogens with zero attached hydrogens (tertiary/aromatic N) is 1. The summed E-state index contributed by atoms with van der Waals surface area (Å²) in [4.78, 5) is 2.99. The predicted octanol–water partition coefficient (Wildman–Crippen LogP) is 0.850. The molecule has 7 unspecified atom stereocenters. The van der Waals surface area contributed by atoms with Crippen LogP contribution in [0.25, 0.3) is 0 Å². The van der Waals surface area contributed by atoms with Crippen LogP contribution in [0.1, 0.15) is 33.1 Å². The average Bonchev–Trinajstić information content (AvgIpc) is 2.88. The van der Waals surface area contributed by atoms with Crippen molar-refractivity contribution in [2.75, 3.05) is 32.7 Å². The highest BCUT2D eigenvalue weighted by atomic mass is 15.4. The maximum absolute atomic E-state index is 3.92. The number of hydrogen-bond donors (Lipinski definition) is 3. The summed E-state index contributed by atoms with van der Waals surface area (Å²) in [5, 5.41) is 11.5. The Bertz CT molecular complexity index is 450. The van der Waals surface area contributed by atoms with Crippen LogP contribution in [-0.2, 0) is 0 Å². The van der Waals surface area contributed by atoms with Crippen LogP contribution in [0.2, 0.25) is 0 Å². The quantitative estimate of drug-likeness (QED) is 0.620.